The molecule has 0 aliphatic heterocycles. The van der Waals surface area contributed by atoms with E-state index in [4.69, 9.17) is 11.6 Å². The van der Waals surface area contributed by atoms with Crippen molar-refractivity contribution >= 4 is 65.1 Å². The Labute approximate surface area is 176 Å². The van der Waals surface area contributed by atoms with Gasteiger partial charge < -0.3 is 5.32 Å². The van der Waals surface area contributed by atoms with Crippen LogP contribution in [0.25, 0.3) is 10.9 Å². The van der Waals surface area contributed by atoms with E-state index in [1.165, 1.54) is 11.3 Å². The molecule has 4 rings (SSSR count). The SMILES string of the molecule is O=C(NCc1cccnc1)Nc1npc(Sc2ccnc3cc(Cl)ccc23)s1. The lowest BCUT2D eigenvalue weighted by Gasteiger charge is -2.05. The number of rotatable bonds is 5. The number of benzene rings is 1. The number of aromatic nitrogens is 3. The molecule has 2 N–H and O–H groups in total. The summed E-state index contributed by atoms with van der Waals surface area (Å²) in [5, 5.41) is 7.85. The maximum atomic E-state index is 12.1. The van der Waals surface area contributed by atoms with Gasteiger partial charge in [-0.25, -0.2) is 4.79 Å². The number of hydrogen-bond donors (Lipinski definition) is 2. The van der Waals surface area contributed by atoms with E-state index in [0.29, 0.717) is 16.7 Å². The lowest BCUT2D eigenvalue weighted by atomic mass is 10.2. The number of urea groups is 1. The summed E-state index contributed by atoms with van der Waals surface area (Å²) in [5.74, 6) is 0. The van der Waals surface area contributed by atoms with Gasteiger partial charge in [-0.05, 0) is 29.8 Å². The van der Waals surface area contributed by atoms with Gasteiger partial charge in [0.15, 0.2) is 5.13 Å². The minimum absolute atomic E-state index is 0.291. The van der Waals surface area contributed by atoms with Gasteiger partial charge in [-0.1, -0.05) is 46.8 Å². The summed E-state index contributed by atoms with van der Waals surface area (Å²) >= 11 is 9.12. The van der Waals surface area contributed by atoms with Gasteiger partial charge in [0.25, 0.3) is 0 Å². The van der Waals surface area contributed by atoms with Crippen LogP contribution in [0, 0.1) is 0 Å². The fraction of sp³-hybridized carbons (Fsp3) is 0.0556. The Morgan fingerprint density at radius 1 is 1.25 bits per heavy atom. The first kappa shape index (κ1) is 19.1. The third-order valence-corrected chi connectivity index (χ3v) is 7.35. The quantitative estimate of drug-likeness (QED) is 0.406. The highest BCUT2D eigenvalue weighted by molar-refractivity contribution is 8.04. The topological polar surface area (TPSA) is 79.8 Å². The molecule has 1 aromatic carbocycles. The molecule has 0 spiro atoms. The molecule has 0 aliphatic carbocycles. The molecular weight excluding hydrogens is 433 g/mol. The molecule has 3 aromatic heterocycles. The van der Waals surface area contributed by atoms with Crippen molar-refractivity contribution < 1.29 is 4.79 Å². The summed E-state index contributed by atoms with van der Waals surface area (Å²) in [7, 11) is 0.813. The summed E-state index contributed by atoms with van der Waals surface area (Å²) in [5.41, 5.74) is 1.79. The molecule has 2 amide bonds. The highest BCUT2D eigenvalue weighted by atomic mass is 35.5. The summed E-state index contributed by atoms with van der Waals surface area (Å²) in [6, 6.07) is 11.1. The number of halogens is 1. The molecule has 0 radical (unpaired) electrons. The molecule has 3 heterocycles. The molecule has 0 saturated carbocycles. The van der Waals surface area contributed by atoms with Crippen LogP contribution in [-0.2, 0) is 6.54 Å². The van der Waals surface area contributed by atoms with Crippen molar-refractivity contribution in [3.63, 3.8) is 0 Å². The zero-order valence-corrected chi connectivity index (χ0v) is 17.6. The van der Waals surface area contributed by atoms with E-state index < -0.39 is 0 Å². The standard InChI is InChI=1S/C18H13ClN5OPS2/c19-12-3-4-13-14(8-12)21-7-5-15(13)27-18-26-24-17(28-18)23-16(25)22-10-11-2-1-6-20-9-11/h1-9H,10H2,(H2,22,23,24,25). The number of anilines is 1. The molecule has 140 valence electrons. The normalized spacial score (nSPS) is 11.0. The largest absolute Gasteiger partial charge is 0.334 e. The monoisotopic (exact) mass is 445 g/mol. The molecule has 0 atom stereocenters. The van der Waals surface area contributed by atoms with Crippen LogP contribution in [0.15, 0.2) is 63.8 Å². The van der Waals surface area contributed by atoms with Crippen molar-refractivity contribution in [2.24, 2.45) is 0 Å². The zero-order valence-electron chi connectivity index (χ0n) is 14.3. The third-order valence-electron chi connectivity index (χ3n) is 3.66. The van der Waals surface area contributed by atoms with Crippen molar-refractivity contribution in [1.29, 1.82) is 0 Å². The average molecular weight is 446 g/mol. The van der Waals surface area contributed by atoms with Crippen LogP contribution >= 0.6 is 43.1 Å². The van der Waals surface area contributed by atoms with Crippen LogP contribution in [0.1, 0.15) is 5.56 Å². The first-order valence-electron chi connectivity index (χ1n) is 8.17. The Morgan fingerprint density at radius 3 is 3.04 bits per heavy atom. The van der Waals surface area contributed by atoms with Gasteiger partial charge in [-0.2, -0.15) is 4.75 Å². The maximum absolute atomic E-state index is 12.1. The van der Waals surface area contributed by atoms with Gasteiger partial charge in [0.1, 0.15) is 3.94 Å². The van der Waals surface area contributed by atoms with E-state index in [2.05, 4.69) is 25.3 Å². The predicted octanol–water partition coefficient (Wildman–Crippen LogP) is 5.79. The number of fused-ring (bicyclic) bond motifs is 1. The highest BCUT2D eigenvalue weighted by Crippen LogP contribution is 2.42. The Balaban J connectivity index is 1.40. The van der Waals surface area contributed by atoms with E-state index in [9.17, 15) is 4.79 Å². The minimum Gasteiger partial charge on any atom is -0.334 e. The van der Waals surface area contributed by atoms with Gasteiger partial charge in [-0.15, -0.1) is 0 Å². The third kappa shape index (κ3) is 4.77. The van der Waals surface area contributed by atoms with E-state index in [1.54, 1.807) is 30.4 Å². The predicted molar refractivity (Wildman–Crippen MR) is 116 cm³/mol. The maximum Gasteiger partial charge on any atom is 0.321 e. The molecule has 0 fully saturated rings. The van der Waals surface area contributed by atoms with Crippen LogP contribution in [0.2, 0.25) is 5.02 Å². The Kier molecular flexibility index (Phi) is 6.02. The highest BCUT2D eigenvalue weighted by Gasteiger charge is 2.10. The van der Waals surface area contributed by atoms with Crippen molar-refractivity contribution in [3.05, 3.63) is 65.6 Å². The number of carbonyl (C=O) groups excluding carboxylic acids is 1. The number of nitrogens with one attached hydrogen (secondary N) is 2. The van der Waals surface area contributed by atoms with Crippen LogP contribution in [0.5, 0.6) is 0 Å². The summed E-state index contributed by atoms with van der Waals surface area (Å²) in [6.45, 7) is 0.409. The van der Waals surface area contributed by atoms with Crippen molar-refractivity contribution in [2.75, 3.05) is 5.32 Å². The number of amides is 2. The first-order valence-corrected chi connectivity index (χ1v) is 11.0. The molecule has 28 heavy (non-hydrogen) atoms. The zero-order chi connectivity index (χ0) is 19.3. The second-order valence-electron chi connectivity index (χ2n) is 5.61. The molecule has 0 bridgehead atoms. The Morgan fingerprint density at radius 2 is 2.18 bits per heavy atom. The van der Waals surface area contributed by atoms with E-state index in [1.807, 2.05) is 36.4 Å². The van der Waals surface area contributed by atoms with Crippen molar-refractivity contribution in [1.82, 2.24) is 20.0 Å². The fourth-order valence-corrected chi connectivity index (χ4v) is 5.79. The Bertz CT molecular complexity index is 1130. The van der Waals surface area contributed by atoms with Crippen molar-refractivity contribution in [2.45, 2.75) is 15.4 Å². The first-order chi connectivity index (χ1) is 13.7. The molecular formula is C18H13ClN5OPS2. The second kappa shape index (κ2) is 8.84. The number of pyridine rings is 2. The lowest BCUT2D eigenvalue weighted by molar-refractivity contribution is 0.251. The van der Waals surface area contributed by atoms with Gasteiger partial charge >= 0.3 is 6.03 Å². The molecule has 0 aliphatic rings. The van der Waals surface area contributed by atoms with Gasteiger partial charge in [0.05, 0.1) is 13.9 Å². The van der Waals surface area contributed by atoms with Gasteiger partial charge in [0.2, 0.25) is 0 Å². The summed E-state index contributed by atoms with van der Waals surface area (Å²) in [4.78, 5) is 21.5. The van der Waals surface area contributed by atoms with Gasteiger partial charge in [-0.3, -0.25) is 15.3 Å². The van der Waals surface area contributed by atoms with Crippen molar-refractivity contribution in [3.8, 4) is 0 Å². The molecule has 4 aromatic rings. The molecule has 0 unspecified atom stereocenters. The van der Waals surface area contributed by atoms with Crippen LogP contribution in [-0.4, -0.2) is 20.7 Å². The summed E-state index contributed by atoms with van der Waals surface area (Å²) in [6.07, 6.45) is 5.18. The van der Waals surface area contributed by atoms with E-state index >= 15 is 0 Å². The van der Waals surface area contributed by atoms with E-state index in [0.717, 1.165) is 33.7 Å². The Hall–Kier alpha value is -2.25. The molecule has 6 nitrogen and oxygen atoms in total. The fourth-order valence-electron chi connectivity index (χ4n) is 2.41. The van der Waals surface area contributed by atoms with Gasteiger partial charge in [0, 0.05) is 40.4 Å². The summed E-state index contributed by atoms with van der Waals surface area (Å²) < 4.78 is 5.44. The average Bonchev–Trinajstić information content (AvgIpc) is 3.14. The molecule has 10 heteroatoms. The second-order valence-corrected chi connectivity index (χ2v) is 9.81. The lowest BCUT2D eigenvalue weighted by Crippen LogP contribution is -2.28. The number of carbonyl (C=O) groups is 1. The number of hydrogen-bond acceptors (Lipinski definition) is 6. The minimum atomic E-state index is -0.291. The molecule has 0 saturated heterocycles. The van der Waals surface area contributed by atoms with Crippen LogP contribution in [0.3, 0.4) is 0 Å². The number of nitrogens with zero attached hydrogens (tertiary/aromatic N) is 3. The smallest absolute Gasteiger partial charge is 0.321 e. The van der Waals surface area contributed by atoms with E-state index in [-0.39, 0.29) is 6.03 Å². The van der Waals surface area contributed by atoms with Crippen LogP contribution < -0.4 is 10.6 Å². The van der Waals surface area contributed by atoms with Crippen LogP contribution in [0.4, 0.5) is 9.93 Å².